The van der Waals surface area contributed by atoms with Crippen LogP contribution in [-0.2, 0) is 9.59 Å². The summed E-state index contributed by atoms with van der Waals surface area (Å²) in [5.74, 6) is -3.20. The summed E-state index contributed by atoms with van der Waals surface area (Å²) in [5.41, 5.74) is 4.34. The van der Waals surface area contributed by atoms with Crippen molar-refractivity contribution in [3.63, 3.8) is 0 Å². The average molecular weight is 294 g/mol. The number of anilines is 1. The Morgan fingerprint density at radius 2 is 2.10 bits per heavy atom. The van der Waals surface area contributed by atoms with Gasteiger partial charge in [0.25, 0.3) is 0 Å². The summed E-state index contributed by atoms with van der Waals surface area (Å²) >= 11 is 0. The molecule has 5 N–H and O–H groups in total. The van der Waals surface area contributed by atoms with Gasteiger partial charge in [0.1, 0.15) is 23.5 Å². The van der Waals surface area contributed by atoms with Crippen LogP contribution in [0.25, 0.3) is 0 Å². The van der Waals surface area contributed by atoms with Crippen molar-refractivity contribution in [3.05, 3.63) is 29.6 Å². The first-order valence-electron chi connectivity index (χ1n) is 5.62. The fraction of sp³-hybridized carbons (Fsp3) is 0.167. The third kappa shape index (κ3) is 4.46. The highest BCUT2D eigenvalue weighted by molar-refractivity contribution is 5.94. The van der Waals surface area contributed by atoms with Crippen molar-refractivity contribution in [1.82, 2.24) is 5.32 Å². The van der Waals surface area contributed by atoms with Gasteiger partial charge in [-0.25, -0.2) is 14.0 Å². The van der Waals surface area contributed by atoms with Gasteiger partial charge in [0.15, 0.2) is 0 Å². The SMILES string of the molecule is N#Cc1c(F)cccc1NC(=O)N[C@H](CC(N)=O)C(=O)O. The van der Waals surface area contributed by atoms with Crippen molar-refractivity contribution in [2.24, 2.45) is 5.73 Å². The predicted molar refractivity (Wildman–Crippen MR) is 68.5 cm³/mol. The zero-order valence-corrected chi connectivity index (χ0v) is 10.6. The molecule has 110 valence electrons. The minimum atomic E-state index is -1.53. The molecule has 0 bridgehead atoms. The number of nitrogens with two attached hydrogens (primary N) is 1. The van der Waals surface area contributed by atoms with Gasteiger partial charge >= 0.3 is 12.0 Å². The van der Waals surface area contributed by atoms with Gasteiger partial charge in [0.05, 0.1) is 12.1 Å². The Balaban J connectivity index is 2.82. The third-order valence-electron chi connectivity index (χ3n) is 2.38. The van der Waals surface area contributed by atoms with Crippen molar-refractivity contribution < 1.29 is 23.9 Å². The molecule has 1 aromatic rings. The number of carbonyl (C=O) groups excluding carboxylic acids is 2. The highest BCUT2D eigenvalue weighted by Gasteiger charge is 2.22. The van der Waals surface area contributed by atoms with Gasteiger partial charge in [-0.2, -0.15) is 5.26 Å². The first-order valence-corrected chi connectivity index (χ1v) is 5.62. The molecule has 1 aromatic carbocycles. The lowest BCUT2D eigenvalue weighted by Gasteiger charge is -2.14. The van der Waals surface area contributed by atoms with E-state index in [9.17, 15) is 18.8 Å². The number of rotatable bonds is 5. The molecule has 0 unspecified atom stereocenters. The molecule has 8 nitrogen and oxygen atoms in total. The van der Waals surface area contributed by atoms with Crippen molar-refractivity contribution in [1.29, 1.82) is 5.26 Å². The van der Waals surface area contributed by atoms with E-state index in [1.165, 1.54) is 12.1 Å². The molecule has 0 aliphatic rings. The second-order valence-corrected chi connectivity index (χ2v) is 3.93. The number of benzene rings is 1. The number of carboxylic acid groups (broad SMARTS) is 1. The van der Waals surface area contributed by atoms with E-state index in [0.717, 1.165) is 6.07 Å². The van der Waals surface area contributed by atoms with Gasteiger partial charge in [-0.1, -0.05) is 6.07 Å². The third-order valence-corrected chi connectivity index (χ3v) is 2.38. The Bertz CT molecular complexity index is 626. The number of nitriles is 1. The highest BCUT2D eigenvalue weighted by atomic mass is 19.1. The molecule has 3 amide bonds. The molecule has 0 spiro atoms. The molecule has 0 radical (unpaired) electrons. The minimum absolute atomic E-state index is 0.127. The summed E-state index contributed by atoms with van der Waals surface area (Å²) in [6.45, 7) is 0. The zero-order valence-electron chi connectivity index (χ0n) is 10.6. The number of urea groups is 1. The number of amides is 3. The maximum absolute atomic E-state index is 13.3. The van der Waals surface area contributed by atoms with Gasteiger partial charge in [-0.3, -0.25) is 4.79 Å². The van der Waals surface area contributed by atoms with E-state index in [4.69, 9.17) is 16.1 Å². The molecule has 0 saturated carbocycles. The molecule has 0 saturated heterocycles. The van der Waals surface area contributed by atoms with Gasteiger partial charge in [-0.15, -0.1) is 0 Å². The Hall–Kier alpha value is -3.15. The topological polar surface area (TPSA) is 145 Å². The smallest absolute Gasteiger partial charge is 0.326 e. The number of carbonyl (C=O) groups is 3. The molecular formula is C12H11FN4O4. The molecule has 21 heavy (non-hydrogen) atoms. The van der Waals surface area contributed by atoms with Crippen molar-refractivity contribution in [2.75, 3.05) is 5.32 Å². The average Bonchev–Trinajstić information content (AvgIpc) is 2.37. The second-order valence-electron chi connectivity index (χ2n) is 3.93. The monoisotopic (exact) mass is 294 g/mol. The van der Waals surface area contributed by atoms with Crippen LogP contribution in [0.2, 0.25) is 0 Å². The lowest BCUT2D eigenvalue weighted by Crippen LogP contribution is -2.45. The summed E-state index contributed by atoms with van der Waals surface area (Å²) in [6, 6.07) is 2.61. The minimum Gasteiger partial charge on any atom is -0.480 e. The maximum atomic E-state index is 13.3. The van der Waals surface area contributed by atoms with E-state index in [0.29, 0.717) is 0 Å². The number of halogens is 1. The Labute approximate surface area is 118 Å². The van der Waals surface area contributed by atoms with Crippen molar-refractivity contribution >= 4 is 23.6 Å². The van der Waals surface area contributed by atoms with Crippen LogP contribution in [-0.4, -0.2) is 29.1 Å². The zero-order chi connectivity index (χ0) is 16.0. The van der Waals surface area contributed by atoms with Crippen LogP contribution in [0.1, 0.15) is 12.0 Å². The molecule has 0 fully saturated rings. The van der Waals surface area contributed by atoms with E-state index in [-0.39, 0.29) is 5.69 Å². The van der Waals surface area contributed by atoms with Gasteiger partial charge in [0, 0.05) is 0 Å². The fourth-order valence-corrected chi connectivity index (χ4v) is 1.46. The summed E-state index contributed by atoms with van der Waals surface area (Å²) in [6.07, 6.45) is -0.600. The normalized spacial score (nSPS) is 11.0. The Kier molecular flexibility index (Phi) is 5.19. The van der Waals surface area contributed by atoms with Gasteiger partial charge in [-0.05, 0) is 12.1 Å². The summed E-state index contributed by atoms with van der Waals surface area (Å²) in [4.78, 5) is 33.1. The van der Waals surface area contributed by atoms with Crippen LogP contribution < -0.4 is 16.4 Å². The highest BCUT2D eigenvalue weighted by Crippen LogP contribution is 2.17. The summed E-state index contributed by atoms with van der Waals surface area (Å²) < 4.78 is 13.3. The van der Waals surface area contributed by atoms with Crippen molar-refractivity contribution in [3.8, 4) is 6.07 Å². The lowest BCUT2D eigenvalue weighted by atomic mass is 10.2. The maximum Gasteiger partial charge on any atom is 0.326 e. The molecule has 9 heteroatoms. The summed E-state index contributed by atoms with van der Waals surface area (Å²) in [7, 11) is 0. The first kappa shape index (κ1) is 15.9. The van der Waals surface area contributed by atoms with Crippen LogP contribution in [0, 0.1) is 17.1 Å². The molecule has 1 rings (SSSR count). The Morgan fingerprint density at radius 3 is 2.62 bits per heavy atom. The van der Waals surface area contributed by atoms with Gasteiger partial charge < -0.3 is 21.5 Å². The molecular weight excluding hydrogens is 283 g/mol. The molecule has 1 atom stereocenters. The van der Waals surface area contributed by atoms with E-state index < -0.39 is 41.8 Å². The number of nitrogens with zero attached hydrogens (tertiary/aromatic N) is 1. The van der Waals surface area contributed by atoms with E-state index >= 15 is 0 Å². The van der Waals surface area contributed by atoms with Crippen LogP contribution >= 0.6 is 0 Å². The number of hydrogen-bond donors (Lipinski definition) is 4. The summed E-state index contributed by atoms with van der Waals surface area (Å²) in [5, 5.41) is 21.7. The first-order chi connectivity index (χ1) is 9.85. The largest absolute Gasteiger partial charge is 0.480 e. The number of hydrogen-bond acceptors (Lipinski definition) is 4. The number of carboxylic acids is 1. The lowest BCUT2D eigenvalue weighted by molar-refractivity contribution is -0.140. The van der Waals surface area contributed by atoms with E-state index in [2.05, 4.69) is 5.32 Å². The fourth-order valence-electron chi connectivity index (χ4n) is 1.46. The molecule has 0 aliphatic carbocycles. The van der Waals surface area contributed by atoms with Crippen LogP contribution in [0.3, 0.4) is 0 Å². The Morgan fingerprint density at radius 1 is 1.43 bits per heavy atom. The number of primary amides is 1. The number of aliphatic carboxylic acids is 1. The molecule has 0 aromatic heterocycles. The van der Waals surface area contributed by atoms with E-state index in [1.54, 1.807) is 6.07 Å². The quantitative estimate of drug-likeness (QED) is 0.610. The van der Waals surface area contributed by atoms with E-state index in [1.807, 2.05) is 5.32 Å². The predicted octanol–water partition coefficient (Wildman–Crippen LogP) is 0.147. The van der Waals surface area contributed by atoms with Gasteiger partial charge in [0.2, 0.25) is 5.91 Å². The van der Waals surface area contributed by atoms with Crippen LogP contribution in [0.4, 0.5) is 14.9 Å². The van der Waals surface area contributed by atoms with Crippen molar-refractivity contribution in [2.45, 2.75) is 12.5 Å². The molecule has 0 aliphatic heterocycles. The van der Waals surface area contributed by atoms with Crippen LogP contribution in [0.15, 0.2) is 18.2 Å². The van der Waals surface area contributed by atoms with Crippen LogP contribution in [0.5, 0.6) is 0 Å². The second kappa shape index (κ2) is 6.85. The number of nitrogens with one attached hydrogen (secondary N) is 2. The standard InChI is InChI=1S/C12H11FN4O4/c13-7-2-1-3-8(6(7)5-14)16-12(21)17-9(11(19)20)4-10(15)18/h1-3,9H,4H2,(H2,15,18)(H,19,20)(H2,16,17,21)/t9-/m1/s1. The molecule has 0 heterocycles.